The van der Waals surface area contributed by atoms with Crippen molar-refractivity contribution in [2.75, 3.05) is 11.9 Å². The monoisotopic (exact) mass is 447 g/mol. The van der Waals surface area contributed by atoms with Crippen LogP contribution in [0.4, 0.5) is 10.5 Å². The lowest BCUT2D eigenvalue weighted by atomic mass is 9.95. The Hall–Kier alpha value is -3.15. The van der Waals surface area contributed by atoms with Crippen molar-refractivity contribution >= 4 is 23.5 Å². The molecule has 1 atom stereocenters. The number of urea groups is 1. The van der Waals surface area contributed by atoms with Crippen molar-refractivity contribution in [2.45, 2.75) is 70.9 Å². The average Bonchev–Trinajstić information content (AvgIpc) is 3.06. The molecule has 1 fully saturated rings. The fourth-order valence-electron chi connectivity index (χ4n) is 4.67. The zero-order chi connectivity index (χ0) is 23.2. The summed E-state index contributed by atoms with van der Waals surface area (Å²) in [5.41, 5.74) is 4.40. The maximum atomic E-state index is 12.8. The van der Waals surface area contributed by atoms with Crippen LogP contribution in [0.15, 0.2) is 48.5 Å². The second-order valence-electron chi connectivity index (χ2n) is 9.05. The Balaban J connectivity index is 1.17. The van der Waals surface area contributed by atoms with Crippen LogP contribution in [0.25, 0.3) is 0 Å². The lowest BCUT2D eigenvalue weighted by Crippen LogP contribution is -2.39. The zero-order valence-corrected chi connectivity index (χ0v) is 19.4. The van der Waals surface area contributed by atoms with E-state index in [4.69, 9.17) is 0 Å². The van der Waals surface area contributed by atoms with Gasteiger partial charge in [-0.15, -0.1) is 0 Å². The topological polar surface area (TPSA) is 69.7 Å². The molecule has 0 spiro atoms. The van der Waals surface area contributed by atoms with Gasteiger partial charge in [0.15, 0.2) is 0 Å². The normalized spacial score (nSPS) is 17.2. The largest absolute Gasteiger partial charge is 0.327 e. The van der Waals surface area contributed by atoms with Crippen molar-refractivity contribution in [1.29, 1.82) is 0 Å². The highest BCUT2D eigenvalue weighted by Crippen LogP contribution is 2.30. The van der Waals surface area contributed by atoms with Gasteiger partial charge in [0.1, 0.15) is 6.04 Å². The highest BCUT2D eigenvalue weighted by molar-refractivity contribution is 6.04. The molecule has 0 unspecified atom stereocenters. The van der Waals surface area contributed by atoms with E-state index >= 15 is 0 Å². The number of aryl methyl sites for hydroxylation is 1. The van der Waals surface area contributed by atoms with Crippen molar-refractivity contribution in [3.8, 4) is 0 Å². The number of carbonyl (C=O) groups excluding carboxylic acids is 3. The van der Waals surface area contributed by atoms with Gasteiger partial charge in [-0.1, -0.05) is 56.2 Å². The Morgan fingerprint density at radius 1 is 0.970 bits per heavy atom. The van der Waals surface area contributed by atoms with Gasteiger partial charge in [-0.3, -0.25) is 14.5 Å². The summed E-state index contributed by atoms with van der Waals surface area (Å²) >= 11 is 0. The third-order valence-electron chi connectivity index (χ3n) is 6.62. The summed E-state index contributed by atoms with van der Waals surface area (Å²) in [6.45, 7) is 3.10. The predicted molar refractivity (Wildman–Crippen MR) is 129 cm³/mol. The molecular weight excluding hydrogens is 414 g/mol. The van der Waals surface area contributed by atoms with Gasteiger partial charge in [0, 0.05) is 31.6 Å². The Morgan fingerprint density at radius 3 is 2.48 bits per heavy atom. The van der Waals surface area contributed by atoms with E-state index in [-0.39, 0.29) is 23.9 Å². The Kier molecular flexibility index (Phi) is 7.43. The van der Waals surface area contributed by atoms with E-state index in [1.165, 1.54) is 23.3 Å². The molecule has 6 heteroatoms. The van der Waals surface area contributed by atoms with Crippen LogP contribution in [0.2, 0.25) is 0 Å². The van der Waals surface area contributed by atoms with Crippen LogP contribution in [-0.2, 0) is 29.0 Å². The van der Waals surface area contributed by atoms with E-state index in [1.54, 1.807) is 4.90 Å². The molecule has 6 nitrogen and oxygen atoms in total. The first-order chi connectivity index (χ1) is 16.1. The first-order valence-corrected chi connectivity index (χ1v) is 12.1. The van der Waals surface area contributed by atoms with Gasteiger partial charge in [0.25, 0.3) is 5.91 Å². The molecule has 2 heterocycles. The summed E-state index contributed by atoms with van der Waals surface area (Å²) < 4.78 is 0. The van der Waals surface area contributed by atoms with Crippen LogP contribution >= 0.6 is 0 Å². The SMILES string of the molecule is CCCCc1ccc(NC(=O)CCCCCN2C(=O)[C@@H]3Cc4ccccc4CN3C2=O)cc1. The first-order valence-electron chi connectivity index (χ1n) is 12.1. The maximum absolute atomic E-state index is 12.8. The Morgan fingerprint density at radius 2 is 1.73 bits per heavy atom. The number of hydrogen-bond donors (Lipinski definition) is 1. The van der Waals surface area contributed by atoms with Gasteiger partial charge in [-0.05, 0) is 54.5 Å². The van der Waals surface area contributed by atoms with Crippen molar-refractivity contribution in [3.05, 3.63) is 65.2 Å². The van der Waals surface area contributed by atoms with Gasteiger partial charge >= 0.3 is 6.03 Å². The minimum absolute atomic E-state index is 0.000436. The molecule has 1 saturated heterocycles. The minimum atomic E-state index is -0.369. The molecule has 1 N–H and O–H groups in total. The van der Waals surface area contributed by atoms with E-state index < -0.39 is 0 Å². The molecule has 0 bridgehead atoms. The fourth-order valence-corrected chi connectivity index (χ4v) is 4.67. The number of imide groups is 1. The summed E-state index contributed by atoms with van der Waals surface area (Å²) in [5, 5.41) is 2.95. The van der Waals surface area contributed by atoms with Crippen LogP contribution in [0.1, 0.15) is 62.1 Å². The van der Waals surface area contributed by atoms with Crippen molar-refractivity contribution in [3.63, 3.8) is 0 Å². The standard InChI is InChI=1S/C27H33N3O3/c1-2-3-9-20-13-15-23(16-14-20)28-25(31)12-5-4-8-17-29-26(32)24-18-21-10-6-7-11-22(21)19-30(24)27(29)33/h6-7,10-11,13-16,24H,2-5,8-9,12,17-19H2,1H3,(H,28,31)/t24-/m0/s1. The van der Waals surface area contributed by atoms with Gasteiger partial charge in [0.05, 0.1) is 0 Å². The summed E-state index contributed by atoms with van der Waals surface area (Å²) in [4.78, 5) is 40.9. The van der Waals surface area contributed by atoms with Crippen molar-refractivity contribution in [2.24, 2.45) is 0 Å². The van der Waals surface area contributed by atoms with E-state index in [2.05, 4.69) is 24.4 Å². The molecule has 0 saturated carbocycles. The lowest BCUT2D eigenvalue weighted by molar-refractivity contribution is -0.128. The van der Waals surface area contributed by atoms with Crippen LogP contribution in [0.3, 0.4) is 0 Å². The van der Waals surface area contributed by atoms with E-state index in [1.807, 2.05) is 36.4 Å². The van der Waals surface area contributed by atoms with Gasteiger partial charge in [0.2, 0.25) is 5.91 Å². The summed E-state index contributed by atoms with van der Waals surface area (Å²) in [6, 6.07) is 15.5. The maximum Gasteiger partial charge on any atom is 0.327 e. The first kappa shape index (κ1) is 23.0. The van der Waals surface area contributed by atoms with E-state index in [9.17, 15) is 14.4 Å². The predicted octanol–water partition coefficient (Wildman–Crippen LogP) is 4.92. The molecule has 2 aliphatic rings. The molecule has 0 aliphatic carbocycles. The second-order valence-corrected chi connectivity index (χ2v) is 9.05. The number of benzene rings is 2. The number of fused-ring (bicyclic) bond motifs is 2. The zero-order valence-electron chi connectivity index (χ0n) is 19.4. The number of anilines is 1. The molecule has 2 aromatic rings. The number of hydrogen-bond acceptors (Lipinski definition) is 3. The highest BCUT2D eigenvalue weighted by Gasteiger charge is 2.46. The molecule has 0 aromatic heterocycles. The molecule has 2 aliphatic heterocycles. The number of rotatable bonds is 10. The summed E-state index contributed by atoms with van der Waals surface area (Å²) in [6.07, 6.45) is 6.68. The molecule has 2 aromatic carbocycles. The smallest absolute Gasteiger partial charge is 0.326 e. The molecule has 174 valence electrons. The highest BCUT2D eigenvalue weighted by atomic mass is 16.2. The van der Waals surface area contributed by atoms with Crippen LogP contribution in [0, 0.1) is 0 Å². The minimum Gasteiger partial charge on any atom is -0.326 e. The second kappa shape index (κ2) is 10.6. The van der Waals surface area contributed by atoms with Crippen molar-refractivity contribution < 1.29 is 14.4 Å². The Bertz CT molecular complexity index is 959. The lowest BCUT2D eigenvalue weighted by Gasteiger charge is -2.28. The number of carbonyl (C=O) groups is 3. The van der Waals surface area contributed by atoms with Crippen LogP contribution in [0.5, 0.6) is 0 Å². The fraction of sp³-hybridized carbons (Fsp3) is 0.444. The molecule has 0 radical (unpaired) electrons. The van der Waals surface area contributed by atoms with Crippen LogP contribution < -0.4 is 5.32 Å². The number of nitrogens with zero attached hydrogens (tertiary/aromatic N) is 2. The summed E-state index contributed by atoms with van der Waals surface area (Å²) in [5.74, 6) is -0.0887. The quantitative estimate of drug-likeness (QED) is 0.415. The van der Waals surface area contributed by atoms with Crippen molar-refractivity contribution in [1.82, 2.24) is 9.80 Å². The molecule has 33 heavy (non-hydrogen) atoms. The molecule has 4 amide bonds. The third-order valence-corrected chi connectivity index (χ3v) is 6.62. The molecule has 4 rings (SSSR count). The van der Waals surface area contributed by atoms with E-state index in [0.29, 0.717) is 32.4 Å². The number of nitrogens with one attached hydrogen (secondary N) is 1. The third kappa shape index (κ3) is 5.44. The van der Waals surface area contributed by atoms with Crippen LogP contribution in [-0.4, -0.2) is 40.2 Å². The van der Waals surface area contributed by atoms with Gasteiger partial charge in [-0.2, -0.15) is 0 Å². The average molecular weight is 448 g/mol. The molecular formula is C27H33N3O3. The van der Waals surface area contributed by atoms with Gasteiger partial charge in [-0.25, -0.2) is 4.79 Å². The summed E-state index contributed by atoms with van der Waals surface area (Å²) in [7, 11) is 0. The number of unbranched alkanes of at least 4 members (excludes halogenated alkanes) is 3. The Labute approximate surface area is 196 Å². The van der Waals surface area contributed by atoms with Gasteiger partial charge < -0.3 is 10.2 Å². The van der Waals surface area contributed by atoms with E-state index in [0.717, 1.165) is 36.1 Å². The number of amides is 4.